The highest BCUT2D eigenvalue weighted by Crippen LogP contribution is 2.50. The molecule has 0 aromatic heterocycles. The number of amides is 2. The maximum Gasteiger partial charge on any atom is 0.326 e. The number of fused-ring (bicyclic) bond motifs is 1. The van der Waals surface area contributed by atoms with Gasteiger partial charge in [0.25, 0.3) is 0 Å². The SMILES string of the molecule is CCC[C@]1(C(=O)OC)N[C@H](c2ccc(Cl)cc2)[C@@H]2C(=O)N(C)C(=O)[C@H]21. The zero-order valence-corrected chi connectivity index (χ0v) is 15.2. The summed E-state index contributed by atoms with van der Waals surface area (Å²) in [7, 11) is 2.77. The first-order valence-corrected chi connectivity index (χ1v) is 8.68. The van der Waals surface area contributed by atoms with Crippen molar-refractivity contribution < 1.29 is 19.1 Å². The van der Waals surface area contributed by atoms with Gasteiger partial charge in [-0.2, -0.15) is 0 Å². The monoisotopic (exact) mass is 364 g/mol. The van der Waals surface area contributed by atoms with Crippen molar-refractivity contribution in [1.82, 2.24) is 10.2 Å². The second kappa shape index (κ2) is 6.42. The number of likely N-dealkylation sites (tertiary alicyclic amines) is 1. The zero-order valence-electron chi connectivity index (χ0n) is 14.4. The number of ether oxygens (including phenoxy) is 1. The Morgan fingerprint density at radius 3 is 2.48 bits per heavy atom. The van der Waals surface area contributed by atoms with E-state index >= 15 is 0 Å². The van der Waals surface area contributed by atoms with Gasteiger partial charge in [-0.05, 0) is 24.1 Å². The lowest BCUT2D eigenvalue weighted by molar-refractivity contribution is -0.154. The molecule has 1 N–H and O–H groups in total. The van der Waals surface area contributed by atoms with Gasteiger partial charge in [0.2, 0.25) is 11.8 Å². The highest BCUT2D eigenvalue weighted by Gasteiger charge is 2.67. The van der Waals surface area contributed by atoms with Gasteiger partial charge >= 0.3 is 5.97 Å². The molecule has 6 nitrogen and oxygen atoms in total. The molecule has 7 heteroatoms. The fraction of sp³-hybridized carbons (Fsp3) is 0.500. The summed E-state index contributed by atoms with van der Waals surface area (Å²) in [5, 5.41) is 3.87. The molecule has 2 aliphatic rings. The fourth-order valence-electron chi connectivity index (χ4n) is 4.20. The number of benzene rings is 1. The van der Waals surface area contributed by atoms with Crippen LogP contribution in [0.3, 0.4) is 0 Å². The summed E-state index contributed by atoms with van der Waals surface area (Å²) in [6.07, 6.45) is 1.08. The normalized spacial score (nSPS) is 31.4. The molecule has 2 aliphatic heterocycles. The molecule has 0 bridgehead atoms. The molecule has 2 amide bonds. The minimum atomic E-state index is -1.20. The van der Waals surface area contributed by atoms with E-state index in [0.29, 0.717) is 17.9 Å². The average Bonchev–Trinajstić information content (AvgIpc) is 3.06. The quantitative estimate of drug-likeness (QED) is 0.652. The number of hydrogen-bond acceptors (Lipinski definition) is 5. The third-order valence-electron chi connectivity index (χ3n) is 5.30. The highest BCUT2D eigenvalue weighted by atomic mass is 35.5. The number of nitrogens with zero attached hydrogens (tertiary/aromatic N) is 1. The summed E-state index contributed by atoms with van der Waals surface area (Å²) in [4.78, 5) is 39.3. The van der Waals surface area contributed by atoms with Gasteiger partial charge in [0.1, 0.15) is 5.54 Å². The largest absolute Gasteiger partial charge is 0.468 e. The van der Waals surface area contributed by atoms with E-state index in [1.54, 1.807) is 12.1 Å². The number of imide groups is 1. The molecule has 1 aromatic rings. The van der Waals surface area contributed by atoms with E-state index in [1.807, 2.05) is 19.1 Å². The fourth-order valence-corrected chi connectivity index (χ4v) is 4.33. The van der Waals surface area contributed by atoms with E-state index in [4.69, 9.17) is 16.3 Å². The predicted octanol–water partition coefficient (Wildman–Crippen LogP) is 1.93. The maximum atomic E-state index is 12.8. The third kappa shape index (κ3) is 2.55. The van der Waals surface area contributed by atoms with Crippen LogP contribution in [0.5, 0.6) is 0 Å². The zero-order chi connectivity index (χ0) is 18.4. The molecule has 1 aromatic carbocycles. The second-order valence-corrected chi connectivity index (χ2v) is 7.06. The molecule has 25 heavy (non-hydrogen) atoms. The number of halogens is 1. The molecule has 3 rings (SSSR count). The Morgan fingerprint density at radius 2 is 1.92 bits per heavy atom. The number of hydrogen-bond donors (Lipinski definition) is 1. The van der Waals surface area contributed by atoms with Gasteiger partial charge in [0, 0.05) is 18.1 Å². The first-order chi connectivity index (χ1) is 11.9. The van der Waals surface area contributed by atoms with Crippen LogP contribution in [0, 0.1) is 11.8 Å². The molecule has 134 valence electrons. The Balaban J connectivity index is 2.13. The van der Waals surface area contributed by atoms with E-state index in [0.717, 1.165) is 10.5 Å². The summed E-state index contributed by atoms with van der Waals surface area (Å²) in [5.74, 6) is -2.51. The maximum absolute atomic E-state index is 12.8. The molecule has 0 aliphatic carbocycles. The Labute approximate surface area is 151 Å². The number of carbonyl (C=O) groups is 3. The van der Waals surface area contributed by atoms with Crippen LogP contribution in [0.15, 0.2) is 24.3 Å². The van der Waals surface area contributed by atoms with Crippen molar-refractivity contribution in [3.05, 3.63) is 34.9 Å². The van der Waals surface area contributed by atoms with Crippen molar-refractivity contribution in [1.29, 1.82) is 0 Å². The number of rotatable bonds is 4. The van der Waals surface area contributed by atoms with Crippen LogP contribution in [-0.4, -0.2) is 42.4 Å². The number of carbonyl (C=O) groups excluding carboxylic acids is 3. The Hall–Kier alpha value is -1.92. The van der Waals surface area contributed by atoms with Crippen LogP contribution in [-0.2, 0) is 19.1 Å². The van der Waals surface area contributed by atoms with Crippen molar-refractivity contribution in [2.75, 3.05) is 14.2 Å². The lowest BCUT2D eigenvalue weighted by atomic mass is 9.77. The molecular formula is C18H21ClN2O4. The van der Waals surface area contributed by atoms with E-state index in [-0.39, 0.29) is 11.8 Å². The molecule has 0 unspecified atom stereocenters. The minimum Gasteiger partial charge on any atom is -0.468 e. The number of esters is 1. The summed E-state index contributed by atoms with van der Waals surface area (Å²) < 4.78 is 5.02. The predicted molar refractivity (Wildman–Crippen MR) is 91.7 cm³/mol. The van der Waals surface area contributed by atoms with Crippen molar-refractivity contribution in [2.45, 2.75) is 31.3 Å². The minimum absolute atomic E-state index is 0.274. The van der Waals surface area contributed by atoms with Crippen LogP contribution in [0.25, 0.3) is 0 Å². The smallest absolute Gasteiger partial charge is 0.326 e. The molecule has 0 spiro atoms. The molecular weight excluding hydrogens is 344 g/mol. The molecule has 0 radical (unpaired) electrons. The van der Waals surface area contributed by atoms with Gasteiger partial charge in [0.15, 0.2) is 0 Å². The van der Waals surface area contributed by atoms with Gasteiger partial charge < -0.3 is 4.74 Å². The van der Waals surface area contributed by atoms with Crippen LogP contribution in [0.1, 0.15) is 31.4 Å². The first kappa shape index (κ1) is 17.9. The van der Waals surface area contributed by atoms with Crippen molar-refractivity contribution in [3.8, 4) is 0 Å². The lowest BCUT2D eigenvalue weighted by Gasteiger charge is -2.31. The van der Waals surface area contributed by atoms with E-state index in [9.17, 15) is 14.4 Å². The number of nitrogens with one attached hydrogen (secondary N) is 1. The third-order valence-corrected chi connectivity index (χ3v) is 5.55. The van der Waals surface area contributed by atoms with Crippen LogP contribution >= 0.6 is 11.6 Å². The average molecular weight is 365 g/mol. The van der Waals surface area contributed by atoms with E-state index < -0.39 is 29.4 Å². The molecule has 2 fully saturated rings. The van der Waals surface area contributed by atoms with Crippen molar-refractivity contribution in [3.63, 3.8) is 0 Å². The summed E-state index contributed by atoms with van der Waals surface area (Å²) in [6.45, 7) is 1.93. The van der Waals surface area contributed by atoms with E-state index in [2.05, 4.69) is 5.32 Å². The van der Waals surface area contributed by atoms with Gasteiger partial charge in [-0.15, -0.1) is 0 Å². The van der Waals surface area contributed by atoms with Crippen LogP contribution in [0.4, 0.5) is 0 Å². The Bertz CT molecular complexity index is 720. The Morgan fingerprint density at radius 1 is 1.28 bits per heavy atom. The summed E-state index contributed by atoms with van der Waals surface area (Å²) in [5.41, 5.74) is -0.381. The standard InChI is InChI=1S/C18H21ClN2O4/c1-4-9-18(17(24)25-3)13-12(15(22)21(2)16(13)23)14(20-18)10-5-7-11(19)8-6-10/h5-8,12-14,20H,4,9H2,1-3H3/t12-,13+,14-,18+/m1/s1. The molecule has 0 saturated carbocycles. The van der Waals surface area contributed by atoms with Gasteiger partial charge in [0.05, 0.1) is 18.9 Å². The second-order valence-electron chi connectivity index (χ2n) is 6.63. The van der Waals surface area contributed by atoms with Crippen molar-refractivity contribution in [2.24, 2.45) is 11.8 Å². The first-order valence-electron chi connectivity index (χ1n) is 8.30. The van der Waals surface area contributed by atoms with E-state index in [1.165, 1.54) is 14.2 Å². The van der Waals surface area contributed by atoms with Crippen molar-refractivity contribution >= 4 is 29.4 Å². The van der Waals surface area contributed by atoms with Crippen LogP contribution in [0.2, 0.25) is 5.02 Å². The van der Waals surface area contributed by atoms with Gasteiger partial charge in [-0.3, -0.25) is 24.6 Å². The summed E-state index contributed by atoms with van der Waals surface area (Å²) in [6, 6.07) is 6.64. The van der Waals surface area contributed by atoms with Gasteiger partial charge in [-0.1, -0.05) is 37.1 Å². The lowest BCUT2D eigenvalue weighted by Crippen LogP contribution is -2.56. The highest BCUT2D eigenvalue weighted by molar-refractivity contribution is 6.30. The van der Waals surface area contributed by atoms with Gasteiger partial charge in [-0.25, -0.2) is 0 Å². The number of methoxy groups -OCH3 is 1. The van der Waals surface area contributed by atoms with Crippen LogP contribution < -0.4 is 5.32 Å². The topological polar surface area (TPSA) is 75.7 Å². The molecule has 4 atom stereocenters. The Kier molecular flexibility index (Phi) is 4.60. The molecule has 2 saturated heterocycles. The molecule has 2 heterocycles. The summed E-state index contributed by atoms with van der Waals surface area (Å²) >= 11 is 5.96.